The molecule has 2 aromatic rings. The number of aromatic nitrogens is 1. The molecule has 6 heteroatoms. The maximum absolute atomic E-state index is 6.48. The largest absolute Gasteiger partial charge is 0.363 e. The predicted molar refractivity (Wildman–Crippen MR) is 102 cm³/mol. The van der Waals surface area contributed by atoms with Gasteiger partial charge in [0.2, 0.25) is 0 Å². The fourth-order valence-electron chi connectivity index (χ4n) is 3.70. The number of benzene rings is 1. The van der Waals surface area contributed by atoms with E-state index in [0.717, 1.165) is 28.9 Å². The van der Waals surface area contributed by atoms with Crippen molar-refractivity contribution in [2.75, 3.05) is 0 Å². The molecule has 2 aliphatic heterocycles. The molecular formula is C19H14Cl2N4. The van der Waals surface area contributed by atoms with Gasteiger partial charge in [-0.05, 0) is 30.2 Å². The van der Waals surface area contributed by atoms with E-state index in [9.17, 15) is 0 Å². The first-order valence-corrected chi connectivity index (χ1v) is 8.81. The Bertz CT molecular complexity index is 997. The molecule has 124 valence electrons. The molecular weight excluding hydrogens is 355 g/mol. The SMILES string of the molecule is Clc1ccc(C2CC=C3c4c(c[nH]c42)C=CC2=CN=CNN23)c(Cl)c1. The van der Waals surface area contributed by atoms with Gasteiger partial charge in [0.15, 0.2) is 0 Å². The van der Waals surface area contributed by atoms with Crippen LogP contribution in [0.5, 0.6) is 0 Å². The lowest BCUT2D eigenvalue weighted by Gasteiger charge is -2.32. The molecule has 0 saturated carbocycles. The predicted octanol–water partition coefficient (Wildman–Crippen LogP) is 4.91. The second-order valence-corrected chi connectivity index (χ2v) is 7.05. The summed E-state index contributed by atoms with van der Waals surface area (Å²) in [5, 5.41) is 3.41. The Morgan fingerprint density at radius 3 is 3.00 bits per heavy atom. The summed E-state index contributed by atoms with van der Waals surface area (Å²) in [5.41, 5.74) is 9.99. The summed E-state index contributed by atoms with van der Waals surface area (Å²) in [5.74, 6) is 0.176. The van der Waals surface area contributed by atoms with Crippen LogP contribution in [-0.2, 0) is 0 Å². The summed E-state index contributed by atoms with van der Waals surface area (Å²) >= 11 is 12.5. The summed E-state index contributed by atoms with van der Waals surface area (Å²) in [6.45, 7) is 0. The number of aromatic amines is 1. The molecule has 4 nitrogen and oxygen atoms in total. The molecule has 0 fully saturated rings. The highest BCUT2D eigenvalue weighted by atomic mass is 35.5. The first-order valence-electron chi connectivity index (χ1n) is 8.05. The maximum Gasteiger partial charge on any atom is 0.107 e. The smallest absolute Gasteiger partial charge is 0.107 e. The second kappa shape index (κ2) is 5.55. The molecule has 0 bridgehead atoms. The lowest BCUT2D eigenvalue weighted by molar-refractivity contribution is 0.449. The van der Waals surface area contributed by atoms with Gasteiger partial charge in [0.25, 0.3) is 0 Å². The molecule has 0 spiro atoms. The van der Waals surface area contributed by atoms with Crippen LogP contribution in [0.3, 0.4) is 0 Å². The zero-order valence-electron chi connectivity index (χ0n) is 13.1. The van der Waals surface area contributed by atoms with Crippen molar-refractivity contribution in [3.63, 3.8) is 0 Å². The average Bonchev–Trinajstić information content (AvgIpc) is 2.97. The lowest BCUT2D eigenvalue weighted by atomic mass is 9.84. The van der Waals surface area contributed by atoms with E-state index in [1.165, 1.54) is 11.3 Å². The number of hydrogen-bond donors (Lipinski definition) is 2. The normalized spacial score (nSPS) is 20.2. The van der Waals surface area contributed by atoms with E-state index in [1.54, 1.807) is 6.34 Å². The van der Waals surface area contributed by atoms with Gasteiger partial charge < -0.3 is 4.98 Å². The number of aliphatic imine (C=N–C) groups is 1. The molecule has 1 atom stereocenters. The van der Waals surface area contributed by atoms with Crippen molar-refractivity contribution >= 4 is 41.3 Å². The summed E-state index contributed by atoms with van der Waals surface area (Å²) in [4.78, 5) is 7.66. The fourth-order valence-corrected chi connectivity index (χ4v) is 4.25. The number of allylic oxidation sites excluding steroid dienone is 2. The van der Waals surface area contributed by atoms with Gasteiger partial charge in [-0.2, -0.15) is 0 Å². The fraction of sp³-hybridized carbons (Fsp3) is 0.105. The van der Waals surface area contributed by atoms with Gasteiger partial charge in [-0.3, -0.25) is 10.4 Å². The Kier molecular flexibility index (Phi) is 3.30. The topological polar surface area (TPSA) is 43.4 Å². The van der Waals surface area contributed by atoms with Crippen LogP contribution in [-0.4, -0.2) is 16.3 Å². The molecule has 1 aliphatic carbocycles. The van der Waals surface area contributed by atoms with Gasteiger partial charge in [-0.25, -0.2) is 4.99 Å². The van der Waals surface area contributed by atoms with E-state index >= 15 is 0 Å². The first-order chi connectivity index (χ1) is 12.2. The van der Waals surface area contributed by atoms with E-state index < -0.39 is 0 Å². The highest BCUT2D eigenvalue weighted by Crippen LogP contribution is 2.45. The van der Waals surface area contributed by atoms with Crippen molar-refractivity contribution in [3.8, 4) is 0 Å². The van der Waals surface area contributed by atoms with Crippen molar-refractivity contribution < 1.29 is 0 Å². The number of fused-ring (bicyclic) bond motifs is 2. The van der Waals surface area contributed by atoms with E-state index in [4.69, 9.17) is 23.2 Å². The summed E-state index contributed by atoms with van der Waals surface area (Å²) in [6.07, 6.45) is 12.9. The Labute approximate surface area is 155 Å². The molecule has 5 rings (SSSR count). The van der Waals surface area contributed by atoms with Crippen LogP contribution in [0.1, 0.15) is 34.7 Å². The zero-order chi connectivity index (χ0) is 17.0. The highest BCUT2D eigenvalue weighted by molar-refractivity contribution is 6.35. The molecule has 3 aliphatic rings. The van der Waals surface area contributed by atoms with Gasteiger partial charge in [0.1, 0.15) is 6.34 Å². The van der Waals surface area contributed by atoms with Crippen molar-refractivity contribution in [1.82, 2.24) is 15.4 Å². The Morgan fingerprint density at radius 2 is 2.12 bits per heavy atom. The third-order valence-electron chi connectivity index (χ3n) is 4.83. The van der Waals surface area contributed by atoms with Gasteiger partial charge >= 0.3 is 0 Å². The third-order valence-corrected chi connectivity index (χ3v) is 5.39. The molecule has 0 saturated heterocycles. The quantitative estimate of drug-likeness (QED) is 0.750. The van der Waals surface area contributed by atoms with Crippen LogP contribution in [0.2, 0.25) is 10.0 Å². The van der Waals surface area contributed by atoms with E-state index in [2.05, 4.69) is 44.8 Å². The van der Waals surface area contributed by atoms with Crippen LogP contribution in [0.4, 0.5) is 0 Å². The van der Waals surface area contributed by atoms with E-state index in [1.807, 2.05) is 24.4 Å². The number of H-pyrrole nitrogens is 1. The Balaban J connectivity index is 1.66. The van der Waals surface area contributed by atoms with Crippen molar-refractivity contribution in [3.05, 3.63) is 80.9 Å². The molecule has 3 heterocycles. The molecule has 0 radical (unpaired) electrons. The van der Waals surface area contributed by atoms with Crippen LogP contribution in [0.25, 0.3) is 11.8 Å². The standard InChI is InChI=1S/C19H14Cl2N4/c20-12-2-4-14(16(21)7-12)15-5-6-17-18-11(8-23-19(15)18)1-3-13-9-22-10-24-25(13)17/h1-4,6-10,15,23H,5H2,(H,22,24). The minimum Gasteiger partial charge on any atom is -0.363 e. The molecule has 1 aromatic heterocycles. The Hall–Kier alpha value is -2.43. The van der Waals surface area contributed by atoms with Crippen LogP contribution in [0, 0.1) is 0 Å². The molecule has 25 heavy (non-hydrogen) atoms. The van der Waals surface area contributed by atoms with Gasteiger partial charge in [-0.15, -0.1) is 0 Å². The first kappa shape index (κ1) is 14.9. The highest BCUT2D eigenvalue weighted by Gasteiger charge is 2.32. The number of hydrazine groups is 1. The van der Waals surface area contributed by atoms with Crippen LogP contribution in [0.15, 0.2) is 53.4 Å². The second-order valence-electron chi connectivity index (χ2n) is 6.21. The van der Waals surface area contributed by atoms with Crippen LogP contribution >= 0.6 is 23.2 Å². The van der Waals surface area contributed by atoms with Gasteiger partial charge in [-0.1, -0.05) is 41.4 Å². The van der Waals surface area contributed by atoms with Gasteiger partial charge in [0.05, 0.1) is 17.6 Å². The minimum absolute atomic E-state index is 0.176. The average molecular weight is 369 g/mol. The van der Waals surface area contributed by atoms with Crippen molar-refractivity contribution in [1.29, 1.82) is 0 Å². The maximum atomic E-state index is 6.48. The van der Waals surface area contributed by atoms with Crippen molar-refractivity contribution in [2.45, 2.75) is 12.3 Å². The summed E-state index contributed by atoms with van der Waals surface area (Å²) in [6, 6.07) is 5.72. The van der Waals surface area contributed by atoms with Crippen LogP contribution < -0.4 is 5.43 Å². The molecule has 1 aromatic carbocycles. The third kappa shape index (κ3) is 2.25. The number of rotatable bonds is 1. The van der Waals surface area contributed by atoms with Crippen molar-refractivity contribution in [2.24, 2.45) is 4.99 Å². The number of nitrogens with one attached hydrogen (secondary N) is 2. The lowest BCUT2D eigenvalue weighted by Crippen LogP contribution is -2.36. The number of hydrogen-bond acceptors (Lipinski definition) is 3. The molecule has 0 amide bonds. The summed E-state index contributed by atoms with van der Waals surface area (Å²) < 4.78 is 0. The number of nitrogens with zero attached hydrogens (tertiary/aromatic N) is 2. The molecule has 2 N–H and O–H groups in total. The zero-order valence-corrected chi connectivity index (χ0v) is 14.6. The summed E-state index contributed by atoms with van der Waals surface area (Å²) in [7, 11) is 0. The number of halogens is 2. The van der Waals surface area contributed by atoms with Gasteiger partial charge in [0, 0.05) is 39.0 Å². The minimum atomic E-state index is 0.176. The monoisotopic (exact) mass is 368 g/mol. The van der Waals surface area contributed by atoms with E-state index in [0.29, 0.717) is 10.0 Å². The molecule has 1 unspecified atom stereocenters. The van der Waals surface area contributed by atoms with E-state index in [-0.39, 0.29) is 5.92 Å². The Morgan fingerprint density at radius 1 is 1.20 bits per heavy atom.